The molecule has 0 bridgehead atoms. The Balaban J connectivity index is 1.53. The molecule has 1 N–H and O–H groups in total. The number of carbonyl (C=O) groups excluding carboxylic acids is 2. The van der Waals surface area contributed by atoms with Crippen molar-refractivity contribution in [2.24, 2.45) is 11.8 Å². The van der Waals surface area contributed by atoms with E-state index in [1.807, 2.05) is 4.90 Å². The smallest absolute Gasteiger partial charge is 0.253 e. The molecule has 2 atom stereocenters. The second-order valence-electron chi connectivity index (χ2n) is 8.25. The highest BCUT2D eigenvalue weighted by Gasteiger charge is 2.40. The van der Waals surface area contributed by atoms with Gasteiger partial charge in [-0.2, -0.15) is 0 Å². The van der Waals surface area contributed by atoms with Crippen molar-refractivity contribution >= 4 is 11.8 Å². The maximum Gasteiger partial charge on any atom is 0.253 e. The zero-order valence-corrected chi connectivity index (χ0v) is 17.1. The molecule has 1 saturated carbocycles. The summed E-state index contributed by atoms with van der Waals surface area (Å²) in [5, 5.41) is 3.12. The van der Waals surface area contributed by atoms with Crippen molar-refractivity contribution in [3.63, 3.8) is 0 Å². The van der Waals surface area contributed by atoms with Gasteiger partial charge >= 0.3 is 0 Å². The molecule has 4 rings (SSSR count). The normalized spacial score (nSPS) is 21.1. The van der Waals surface area contributed by atoms with Crippen LogP contribution in [0.5, 0.6) is 5.75 Å². The van der Waals surface area contributed by atoms with Gasteiger partial charge in [-0.1, -0.05) is 29.8 Å². The van der Waals surface area contributed by atoms with Crippen LogP contribution in [-0.4, -0.2) is 43.5 Å². The van der Waals surface area contributed by atoms with Crippen LogP contribution in [0.3, 0.4) is 0 Å². The van der Waals surface area contributed by atoms with Crippen LogP contribution in [0.1, 0.15) is 40.2 Å². The van der Waals surface area contributed by atoms with Crippen molar-refractivity contribution in [1.29, 1.82) is 0 Å². The Hall–Kier alpha value is -2.82. The maximum absolute atomic E-state index is 13.1. The van der Waals surface area contributed by atoms with Crippen LogP contribution in [0.25, 0.3) is 0 Å². The maximum atomic E-state index is 13.1. The first-order chi connectivity index (χ1) is 14.0. The zero-order valence-electron chi connectivity index (χ0n) is 17.1. The number of nitrogens with one attached hydrogen (secondary N) is 1. The number of nitrogens with zero attached hydrogens (tertiary/aromatic N) is 1. The van der Waals surface area contributed by atoms with Gasteiger partial charge < -0.3 is 15.0 Å². The third kappa shape index (κ3) is 4.44. The minimum Gasteiger partial charge on any atom is -0.497 e. The molecule has 29 heavy (non-hydrogen) atoms. The first-order valence-electron chi connectivity index (χ1n) is 10.3. The van der Waals surface area contributed by atoms with E-state index < -0.39 is 0 Å². The molecule has 1 aliphatic heterocycles. The summed E-state index contributed by atoms with van der Waals surface area (Å²) in [6.45, 7) is 3.80. The summed E-state index contributed by atoms with van der Waals surface area (Å²) in [6, 6.07) is 15.5. The van der Waals surface area contributed by atoms with E-state index in [2.05, 4.69) is 36.5 Å². The minimum atomic E-state index is -0.223. The molecule has 2 unspecified atom stereocenters. The van der Waals surface area contributed by atoms with E-state index >= 15 is 0 Å². The average molecular weight is 392 g/mol. The number of amides is 2. The predicted octanol–water partition coefficient (Wildman–Crippen LogP) is 3.39. The topological polar surface area (TPSA) is 58.6 Å². The highest BCUT2D eigenvalue weighted by molar-refractivity contribution is 5.95. The van der Waals surface area contributed by atoms with Crippen molar-refractivity contribution in [3.05, 3.63) is 65.2 Å². The number of hydrogen-bond acceptors (Lipinski definition) is 3. The van der Waals surface area contributed by atoms with Crippen molar-refractivity contribution in [1.82, 2.24) is 10.2 Å². The molecule has 2 fully saturated rings. The average Bonchev–Trinajstić information content (AvgIpc) is 3.48. The van der Waals surface area contributed by atoms with Gasteiger partial charge in [0.05, 0.1) is 13.0 Å². The van der Waals surface area contributed by atoms with Crippen molar-refractivity contribution in [2.45, 2.75) is 25.7 Å². The van der Waals surface area contributed by atoms with Gasteiger partial charge in [-0.3, -0.25) is 9.59 Å². The molecule has 1 aliphatic carbocycles. The molecule has 2 aromatic carbocycles. The molecule has 1 heterocycles. The molecule has 2 amide bonds. The Morgan fingerprint density at radius 3 is 2.34 bits per heavy atom. The number of hydrogen-bond donors (Lipinski definition) is 1. The van der Waals surface area contributed by atoms with Crippen molar-refractivity contribution < 1.29 is 14.3 Å². The van der Waals surface area contributed by atoms with Gasteiger partial charge in [0.25, 0.3) is 5.91 Å². The summed E-state index contributed by atoms with van der Waals surface area (Å²) in [5.74, 6) is 1.17. The standard InChI is InChI=1S/C24H28N2O3/c1-16-3-7-18(8-4-16)21-14-26(15-22(21)23(27)25-13-17-5-6-17)24(28)19-9-11-20(29-2)12-10-19/h3-4,7-12,17,21-22H,5-6,13-15H2,1-2H3,(H,25,27). The quantitative estimate of drug-likeness (QED) is 0.820. The van der Waals surface area contributed by atoms with Gasteiger partial charge in [0, 0.05) is 31.1 Å². The van der Waals surface area contributed by atoms with E-state index in [0.717, 1.165) is 17.9 Å². The van der Waals surface area contributed by atoms with E-state index in [1.54, 1.807) is 31.4 Å². The summed E-state index contributed by atoms with van der Waals surface area (Å²) in [6.07, 6.45) is 2.41. The number of rotatable bonds is 6. The summed E-state index contributed by atoms with van der Waals surface area (Å²) in [7, 11) is 1.61. The van der Waals surface area contributed by atoms with Gasteiger partial charge in [0.15, 0.2) is 0 Å². The van der Waals surface area contributed by atoms with Crippen LogP contribution in [-0.2, 0) is 4.79 Å². The number of likely N-dealkylation sites (tertiary alicyclic amines) is 1. The lowest BCUT2D eigenvalue weighted by Crippen LogP contribution is -2.36. The first kappa shape index (κ1) is 19.5. The van der Waals surface area contributed by atoms with Crippen LogP contribution in [0.2, 0.25) is 0 Å². The molecular weight excluding hydrogens is 364 g/mol. The van der Waals surface area contributed by atoms with Crippen LogP contribution in [0.15, 0.2) is 48.5 Å². The van der Waals surface area contributed by atoms with E-state index in [4.69, 9.17) is 4.74 Å². The largest absolute Gasteiger partial charge is 0.497 e. The van der Waals surface area contributed by atoms with Gasteiger partial charge in [-0.05, 0) is 55.5 Å². The van der Waals surface area contributed by atoms with Crippen molar-refractivity contribution in [3.8, 4) is 5.75 Å². The highest BCUT2D eigenvalue weighted by atomic mass is 16.5. The molecule has 1 saturated heterocycles. The molecule has 2 aromatic rings. The lowest BCUT2D eigenvalue weighted by atomic mass is 9.88. The third-order valence-electron chi connectivity index (χ3n) is 6.05. The molecule has 0 radical (unpaired) electrons. The number of methoxy groups -OCH3 is 1. The molecule has 5 heteroatoms. The summed E-state index contributed by atoms with van der Waals surface area (Å²) >= 11 is 0. The van der Waals surface area contributed by atoms with Crippen molar-refractivity contribution in [2.75, 3.05) is 26.7 Å². The van der Waals surface area contributed by atoms with E-state index in [0.29, 0.717) is 24.6 Å². The SMILES string of the molecule is COc1ccc(C(=O)N2CC(C(=O)NCC3CC3)C(c3ccc(C)cc3)C2)cc1. The Morgan fingerprint density at radius 2 is 1.72 bits per heavy atom. The predicted molar refractivity (Wildman–Crippen MR) is 112 cm³/mol. The van der Waals surface area contributed by atoms with Crippen LogP contribution >= 0.6 is 0 Å². The summed E-state index contributed by atoms with van der Waals surface area (Å²) in [4.78, 5) is 27.8. The Morgan fingerprint density at radius 1 is 1.03 bits per heavy atom. The number of carbonyl (C=O) groups is 2. The Labute approximate surface area is 172 Å². The third-order valence-corrected chi connectivity index (χ3v) is 6.05. The second kappa shape index (κ2) is 8.27. The minimum absolute atomic E-state index is 0.0111. The number of aryl methyl sites for hydroxylation is 1. The lowest BCUT2D eigenvalue weighted by Gasteiger charge is -2.18. The summed E-state index contributed by atoms with van der Waals surface area (Å²) in [5.41, 5.74) is 2.92. The molecule has 2 aliphatic rings. The van der Waals surface area contributed by atoms with Crippen LogP contribution in [0, 0.1) is 18.8 Å². The monoisotopic (exact) mass is 392 g/mol. The number of benzene rings is 2. The van der Waals surface area contributed by atoms with Gasteiger partial charge in [0.1, 0.15) is 5.75 Å². The second-order valence-corrected chi connectivity index (χ2v) is 8.25. The number of ether oxygens (including phenoxy) is 1. The zero-order chi connectivity index (χ0) is 20.4. The first-order valence-corrected chi connectivity index (χ1v) is 10.3. The Kier molecular flexibility index (Phi) is 5.56. The molecule has 0 aromatic heterocycles. The van der Waals surface area contributed by atoms with Crippen LogP contribution in [0.4, 0.5) is 0 Å². The highest BCUT2D eigenvalue weighted by Crippen LogP contribution is 2.34. The summed E-state index contributed by atoms with van der Waals surface area (Å²) < 4.78 is 5.18. The Bertz CT molecular complexity index is 872. The van der Waals surface area contributed by atoms with E-state index in [1.165, 1.54) is 18.4 Å². The van der Waals surface area contributed by atoms with Crippen LogP contribution < -0.4 is 10.1 Å². The van der Waals surface area contributed by atoms with Gasteiger partial charge in [0.2, 0.25) is 5.91 Å². The molecule has 5 nitrogen and oxygen atoms in total. The fraction of sp³-hybridized carbons (Fsp3) is 0.417. The van der Waals surface area contributed by atoms with Gasteiger partial charge in [-0.25, -0.2) is 0 Å². The molecule has 152 valence electrons. The molecule has 0 spiro atoms. The fourth-order valence-corrected chi connectivity index (χ4v) is 4.00. The van der Waals surface area contributed by atoms with E-state index in [-0.39, 0.29) is 23.7 Å². The fourth-order valence-electron chi connectivity index (χ4n) is 4.00. The van der Waals surface area contributed by atoms with E-state index in [9.17, 15) is 9.59 Å². The molecular formula is C24H28N2O3. The van der Waals surface area contributed by atoms with Gasteiger partial charge in [-0.15, -0.1) is 0 Å². The lowest BCUT2D eigenvalue weighted by molar-refractivity contribution is -0.125.